The van der Waals surface area contributed by atoms with E-state index in [2.05, 4.69) is 4.98 Å². The fourth-order valence-corrected chi connectivity index (χ4v) is 1.89. The van der Waals surface area contributed by atoms with Gasteiger partial charge in [0.25, 0.3) is 9.05 Å². The maximum atomic E-state index is 10.4. The minimum atomic E-state index is -3.53. The SMILES string of the molecule is O=S(=O)(Cl)c1cncs1. The quantitative estimate of drug-likeness (QED) is 0.612. The summed E-state index contributed by atoms with van der Waals surface area (Å²) < 4.78 is 20.9. The van der Waals surface area contributed by atoms with Crippen LogP contribution in [0, 0.1) is 0 Å². The van der Waals surface area contributed by atoms with Crippen LogP contribution in [0.15, 0.2) is 15.9 Å². The normalized spacial score (nSPS) is 11.7. The van der Waals surface area contributed by atoms with Gasteiger partial charge in [0.1, 0.15) is 0 Å². The van der Waals surface area contributed by atoms with Gasteiger partial charge >= 0.3 is 0 Å². The first-order valence-electron chi connectivity index (χ1n) is 1.94. The molecule has 50 valence electrons. The first-order chi connectivity index (χ1) is 4.11. The minimum absolute atomic E-state index is 0.0872. The summed E-state index contributed by atoms with van der Waals surface area (Å²) >= 11 is 0.999. The van der Waals surface area contributed by atoms with Gasteiger partial charge in [-0.05, 0) is 0 Å². The first kappa shape index (κ1) is 6.98. The Hall–Kier alpha value is -0.130. The molecule has 0 amide bonds. The van der Waals surface area contributed by atoms with Gasteiger partial charge in [-0.25, -0.2) is 8.42 Å². The van der Waals surface area contributed by atoms with E-state index in [1.165, 1.54) is 11.7 Å². The molecule has 0 radical (unpaired) electrons. The first-order valence-corrected chi connectivity index (χ1v) is 5.13. The van der Waals surface area contributed by atoms with Crippen molar-refractivity contribution < 1.29 is 8.42 Å². The Balaban J connectivity index is 3.20. The molecule has 1 aromatic heterocycles. The van der Waals surface area contributed by atoms with Gasteiger partial charge in [-0.15, -0.1) is 11.3 Å². The lowest BCUT2D eigenvalue weighted by Gasteiger charge is -1.81. The largest absolute Gasteiger partial charge is 0.272 e. The highest BCUT2D eigenvalue weighted by Crippen LogP contribution is 2.17. The number of hydrogen-bond acceptors (Lipinski definition) is 4. The molecule has 0 aliphatic carbocycles. The van der Waals surface area contributed by atoms with Crippen molar-refractivity contribution in [3.8, 4) is 0 Å². The Labute approximate surface area is 60.7 Å². The van der Waals surface area contributed by atoms with E-state index >= 15 is 0 Å². The van der Waals surface area contributed by atoms with E-state index in [4.69, 9.17) is 10.7 Å². The second kappa shape index (κ2) is 2.24. The summed E-state index contributed by atoms with van der Waals surface area (Å²) in [5.41, 5.74) is 1.41. The zero-order chi connectivity index (χ0) is 6.91. The summed E-state index contributed by atoms with van der Waals surface area (Å²) in [4.78, 5) is 3.54. The third-order valence-corrected chi connectivity index (χ3v) is 3.52. The van der Waals surface area contributed by atoms with Gasteiger partial charge < -0.3 is 0 Å². The number of nitrogens with zero attached hydrogens (tertiary/aromatic N) is 1. The van der Waals surface area contributed by atoms with Crippen molar-refractivity contribution in [2.24, 2.45) is 0 Å². The molecule has 0 atom stereocenters. The molecule has 0 unspecified atom stereocenters. The summed E-state index contributed by atoms with van der Waals surface area (Å²) in [5, 5.41) is 0. The molecular weight excluding hydrogens is 182 g/mol. The predicted octanol–water partition coefficient (Wildman–Crippen LogP) is 1.07. The van der Waals surface area contributed by atoms with Crippen molar-refractivity contribution in [1.29, 1.82) is 0 Å². The molecule has 6 heteroatoms. The van der Waals surface area contributed by atoms with Crippen molar-refractivity contribution in [1.82, 2.24) is 4.98 Å². The van der Waals surface area contributed by atoms with Crippen LogP contribution >= 0.6 is 22.0 Å². The van der Waals surface area contributed by atoms with Gasteiger partial charge in [0.15, 0.2) is 4.21 Å². The topological polar surface area (TPSA) is 47.0 Å². The summed E-state index contributed by atoms with van der Waals surface area (Å²) in [5.74, 6) is 0. The Kier molecular flexibility index (Phi) is 1.74. The summed E-state index contributed by atoms with van der Waals surface area (Å²) in [7, 11) is 1.41. The van der Waals surface area contributed by atoms with E-state index in [9.17, 15) is 8.42 Å². The highest BCUT2D eigenvalue weighted by Gasteiger charge is 2.09. The molecule has 3 nitrogen and oxygen atoms in total. The van der Waals surface area contributed by atoms with Crippen LogP contribution in [0.2, 0.25) is 0 Å². The molecule has 0 saturated carbocycles. The van der Waals surface area contributed by atoms with Crippen LogP contribution in [-0.2, 0) is 9.05 Å². The van der Waals surface area contributed by atoms with Gasteiger partial charge in [-0.2, -0.15) is 0 Å². The molecule has 0 fully saturated rings. The zero-order valence-corrected chi connectivity index (χ0v) is 6.50. The van der Waals surface area contributed by atoms with Crippen LogP contribution in [-0.4, -0.2) is 13.4 Å². The average Bonchev–Trinajstić information content (AvgIpc) is 2.08. The molecule has 0 aliphatic rings. The molecule has 0 N–H and O–H groups in total. The predicted molar refractivity (Wildman–Crippen MR) is 35.2 cm³/mol. The van der Waals surface area contributed by atoms with E-state index in [1.807, 2.05) is 0 Å². The number of rotatable bonds is 1. The minimum Gasteiger partial charge on any atom is -0.252 e. The Bertz CT molecular complexity index is 277. The van der Waals surface area contributed by atoms with E-state index in [-0.39, 0.29) is 4.21 Å². The van der Waals surface area contributed by atoms with Gasteiger partial charge in [-0.1, -0.05) is 0 Å². The Morgan fingerprint density at radius 2 is 2.33 bits per heavy atom. The van der Waals surface area contributed by atoms with Crippen molar-refractivity contribution >= 4 is 31.1 Å². The Morgan fingerprint density at radius 3 is 2.56 bits per heavy atom. The monoisotopic (exact) mass is 183 g/mol. The molecule has 1 aromatic rings. The highest BCUT2D eigenvalue weighted by molar-refractivity contribution is 8.15. The standard InChI is InChI=1S/C3H2ClNO2S2/c4-9(6,7)3-1-5-2-8-3/h1-2H. The zero-order valence-electron chi connectivity index (χ0n) is 4.11. The van der Waals surface area contributed by atoms with Crippen molar-refractivity contribution in [2.45, 2.75) is 4.21 Å². The van der Waals surface area contributed by atoms with Crippen LogP contribution in [0.4, 0.5) is 0 Å². The summed E-state index contributed by atoms with van der Waals surface area (Å²) in [6.07, 6.45) is 1.22. The third kappa shape index (κ3) is 1.64. The van der Waals surface area contributed by atoms with E-state index < -0.39 is 9.05 Å². The van der Waals surface area contributed by atoms with E-state index in [1.54, 1.807) is 0 Å². The molecule has 0 spiro atoms. The molecule has 1 rings (SSSR count). The lowest BCUT2D eigenvalue weighted by Crippen LogP contribution is -1.83. The fourth-order valence-electron chi connectivity index (χ4n) is 0.325. The molecule has 0 bridgehead atoms. The second-order valence-electron chi connectivity index (χ2n) is 1.26. The second-order valence-corrected chi connectivity index (χ2v) is 4.94. The highest BCUT2D eigenvalue weighted by atomic mass is 35.7. The van der Waals surface area contributed by atoms with Crippen molar-refractivity contribution in [2.75, 3.05) is 0 Å². The van der Waals surface area contributed by atoms with Gasteiger partial charge in [0, 0.05) is 10.7 Å². The number of thiazole rings is 1. The van der Waals surface area contributed by atoms with Crippen LogP contribution in [0.3, 0.4) is 0 Å². The fraction of sp³-hybridized carbons (Fsp3) is 0. The Morgan fingerprint density at radius 1 is 1.67 bits per heavy atom. The molecule has 0 aliphatic heterocycles. The number of aromatic nitrogens is 1. The van der Waals surface area contributed by atoms with Crippen LogP contribution < -0.4 is 0 Å². The summed E-state index contributed by atoms with van der Waals surface area (Å²) in [6.45, 7) is 0. The molecule has 1 heterocycles. The van der Waals surface area contributed by atoms with Crippen LogP contribution in [0.5, 0.6) is 0 Å². The van der Waals surface area contributed by atoms with Crippen LogP contribution in [0.25, 0.3) is 0 Å². The van der Waals surface area contributed by atoms with Crippen molar-refractivity contribution in [3.05, 3.63) is 11.7 Å². The third-order valence-electron chi connectivity index (χ3n) is 0.650. The molecule has 0 aromatic carbocycles. The average molecular weight is 184 g/mol. The molecular formula is C3H2ClNO2S2. The molecule has 0 saturated heterocycles. The van der Waals surface area contributed by atoms with Gasteiger partial charge in [-0.3, -0.25) is 4.98 Å². The smallest absolute Gasteiger partial charge is 0.252 e. The maximum Gasteiger partial charge on any atom is 0.272 e. The molecule has 9 heavy (non-hydrogen) atoms. The lowest BCUT2D eigenvalue weighted by molar-refractivity contribution is 0.611. The van der Waals surface area contributed by atoms with Gasteiger partial charge in [0.2, 0.25) is 0 Å². The van der Waals surface area contributed by atoms with E-state index in [0.29, 0.717) is 0 Å². The maximum absolute atomic E-state index is 10.4. The van der Waals surface area contributed by atoms with Crippen molar-refractivity contribution in [3.63, 3.8) is 0 Å². The number of halogens is 1. The van der Waals surface area contributed by atoms with Gasteiger partial charge in [0.05, 0.1) is 11.7 Å². The van der Waals surface area contributed by atoms with E-state index in [0.717, 1.165) is 11.3 Å². The lowest BCUT2D eigenvalue weighted by atomic mass is 11.0. The summed E-state index contributed by atoms with van der Waals surface area (Å²) in [6, 6.07) is 0. The van der Waals surface area contributed by atoms with Crippen LogP contribution in [0.1, 0.15) is 0 Å². The number of hydrogen-bond donors (Lipinski definition) is 0.